The molecule has 6 nitrogen and oxygen atoms in total. The Hall–Kier alpha value is -3.03. The Bertz CT molecular complexity index is 1040. The van der Waals surface area contributed by atoms with Crippen LogP contribution in [-0.2, 0) is 20.9 Å². The SMILES string of the molecule is CC(=O)Nc1cc(Cl)ccc1/C=C/C(=O)N1CCN(Cc2ccc(F)cc2)C[C@H]1C(C)=O. The highest BCUT2D eigenvalue weighted by atomic mass is 35.5. The molecule has 168 valence electrons. The van der Waals surface area contributed by atoms with Gasteiger partial charge < -0.3 is 10.2 Å². The molecule has 1 fully saturated rings. The normalized spacial score (nSPS) is 16.9. The molecule has 0 unspecified atom stereocenters. The molecule has 1 aliphatic rings. The molecular formula is C24H25ClFN3O3. The maximum atomic E-state index is 13.1. The molecule has 2 aromatic rings. The lowest BCUT2D eigenvalue weighted by Gasteiger charge is -2.40. The van der Waals surface area contributed by atoms with Crippen molar-refractivity contribution in [2.45, 2.75) is 26.4 Å². The largest absolute Gasteiger partial charge is 0.327 e. The van der Waals surface area contributed by atoms with Crippen LogP contribution in [0.2, 0.25) is 5.02 Å². The van der Waals surface area contributed by atoms with Crippen LogP contribution in [0, 0.1) is 5.82 Å². The van der Waals surface area contributed by atoms with Gasteiger partial charge in [0, 0.05) is 49.9 Å². The summed E-state index contributed by atoms with van der Waals surface area (Å²) in [6.07, 6.45) is 3.01. The third-order valence-electron chi connectivity index (χ3n) is 5.27. The molecule has 8 heteroatoms. The summed E-state index contributed by atoms with van der Waals surface area (Å²) < 4.78 is 13.1. The van der Waals surface area contributed by atoms with E-state index in [9.17, 15) is 18.8 Å². The third-order valence-corrected chi connectivity index (χ3v) is 5.50. The van der Waals surface area contributed by atoms with Crippen molar-refractivity contribution < 1.29 is 18.8 Å². The monoisotopic (exact) mass is 457 g/mol. The van der Waals surface area contributed by atoms with E-state index in [0.717, 1.165) is 5.56 Å². The number of piperazine rings is 1. The predicted molar refractivity (Wildman–Crippen MR) is 123 cm³/mol. The first-order valence-corrected chi connectivity index (χ1v) is 10.6. The summed E-state index contributed by atoms with van der Waals surface area (Å²) in [6, 6.07) is 10.7. The maximum absolute atomic E-state index is 13.1. The zero-order chi connectivity index (χ0) is 23.3. The highest BCUT2D eigenvalue weighted by molar-refractivity contribution is 6.31. The molecule has 0 bridgehead atoms. The fourth-order valence-corrected chi connectivity index (χ4v) is 3.84. The molecule has 1 saturated heterocycles. The molecular weight excluding hydrogens is 433 g/mol. The van der Waals surface area contributed by atoms with E-state index >= 15 is 0 Å². The van der Waals surface area contributed by atoms with Gasteiger partial charge in [-0.05, 0) is 48.4 Å². The number of rotatable bonds is 6. The van der Waals surface area contributed by atoms with E-state index in [0.29, 0.717) is 42.5 Å². The minimum atomic E-state index is -0.568. The number of amides is 2. The molecule has 0 aliphatic carbocycles. The van der Waals surface area contributed by atoms with E-state index in [2.05, 4.69) is 10.2 Å². The van der Waals surface area contributed by atoms with Crippen molar-refractivity contribution in [1.82, 2.24) is 9.80 Å². The Kier molecular flexibility index (Phi) is 7.77. The van der Waals surface area contributed by atoms with Crippen molar-refractivity contribution >= 4 is 41.0 Å². The van der Waals surface area contributed by atoms with Crippen LogP contribution in [0.25, 0.3) is 6.08 Å². The first-order chi connectivity index (χ1) is 15.2. The van der Waals surface area contributed by atoms with Crippen molar-refractivity contribution in [3.05, 3.63) is 70.5 Å². The van der Waals surface area contributed by atoms with Crippen LogP contribution in [-0.4, -0.2) is 53.1 Å². The zero-order valence-electron chi connectivity index (χ0n) is 18.0. The van der Waals surface area contributed by atoms with E-state index in [1.54, 1.807) is 41.3 Å². The number of carbonyl (C=O) groups excluding carboxylic acids is 3. The van der Waals surface area contributed by atoms with Gasteiger partial charge in [0.25, 0.3) is 0 Å². The van der Waals surface area contributed by atoms with Crippen molar-refractivity contribution in [1.29, 1.82) is 0 Å². The predicted octanol–water partition coefficient (Wildman–Crippen LogP) is 3.75. The van der Waals surface area contributed by atoms with E-state index in [1.165, 1.54) is 32.1 Å². The van der Waals surface area contributed by atoms with E-state index < -0.39 is 6.04 Å². The molecule has 0 spiro atoms. The first-order valence-electron chi connectivity index (χ1n) is 10.3. The Morgan fingerprint density at radius 3 is 2.50 bits per heavy atom. The van der Waals surface area contributed by atoms with Crippen LogP contribution in [0.15, 0.2) is 48.5 Å². The average molecular weight is 458 g/mol. The van der Waals surface area contributed by atoms with Crippen LogP contribution in [0.3, 0.4) is 0 Å². The maximum Gasteiger partial charge on any atom is 0.247 e. The summed E-state index contributed by atoms with van der Waals surface area (Å²) in [5, 5.41) is 3.16. The fourth-order valence-electron chi connectivity index (χ4n) is 3.67. The second-order valence-corrected chi connectivity index (χ2v) is 8.20. The lowest BCUT2D eigenvalue weighted by molar-refractivity contribution is -0.138. The van der Waals surface area contributed by atoms with E-state index in [1.807, 2.05) is 0 Å². The highest BCUT2D eigenvalue weighted by Gasteiger charge is 2.32. The summed E-state index contributed by atoms with van der Waals surface area (Å²) >= 11 is 6.01. The fraction of sp³-hybridized carbons (Fsp3) is 0.292. The van der Waals surface area contributed by atoms with Gasteiger partial charge in [-0.2, -0.15) is 0 Å². The van der Waals surface area contributed by atoms with Crippen LogP contribution < -0.4 is 5.32 Å². The average Bonchev–Trinajstić information content (AvgIpc) is 2.74. The molecule has 1 aliphatic heterocycles. The Labute approximate surface area is 191 Å². The van der Waals surface area contributed by atoms with Crippen molar-refractivity contribution in [3.8, 4) is 0 Å². The number of nitrogens with zero attached hydrogens (tertiary/aromatic N) is 2. The third kappa shape index (κ3) is 6.24. The minimum Gasteiger partial charge on any atom is -0.327 e. The van der Waals surface area contributed by atoms with Gasteiger partial charge in [0.2, 0.25) is 11.8 Å². The Balaban J connectivity index is 1.70. The van der Waals surface area contributed by atoms with Gasteiger partial charge in [-0.3, -0.25) is 19.3 Å². The number of halogens is 2. The molecule has 32 heavy (non-hydrogen) atoms. The molecule has 3 rings (SSSR count). The molecule has 1 atom stereocenters. The van der Waals surface area contributed by atoms with Crippen LogP contribution in [0.1, 0.15) is 25.0 Å². The second kappa shape index (κ2) is 10.5. The molecule has 2 aromatic carbocycles. The quantitative estimate of drug-likeness (QED) is 0.671. The number of carbonyl (C=O) groups is 3. The molecule has 2 amide bonds. The van der Waals surface area contributed by atoms with E-state index in [4.69, 9.17) is 11.6 Å². The van der Waals surface area contributed by atoms with Gasteiger partial charge in [0.1, 0.15) is 11.9 Å². The smallest absolute Gasteiger partial charge is 0.247 e. The summed E-state index contributed by atoms with van der Waals surface area (Å²) in [5.41, 5.74) is 2.08. The second-order valence-electron chi connectivity index (χ2n) is 7.77. The standard InChI is InChI=1S/C24H25ClFN3O3/c1-16(30)23-15-28(14-18-3-8-21(26)9-4-18)11-12-29(23)24(32)10-6-19-5-7-20(25)13-22(19)27-17(2)31/h3-10,13,23H,11-12,14-15H2,1-2H3,(H,27,31)/b10-6+/t23-/m0/s1. The topological polar surface area (TPSA) is 69.7 Å². The lowest BCUT2D eigenvalue weighted by Crippen LogP contribution is -2.57. The van der Waals surface area contributed by atoms with E-state index in [-0.39, 0.29) is 23.4 Å². The number of hydrogen-bond acceptors (Lipinski definition) is 4. The summed E-state index contributed by atoms with van der Waals surface area (Å²) in [5.74, 6) is -0.918. The number of ketones is 1. The van der Waals surface area contributed by atoms with Crippen LogP contribution >= 0.6 is 11.6 Å². The summed E-state index contributed by atoms with van der Waals surface area (Å²) in [4.78, 5) is 40.3. The Morgan fingerprint density at radius 1 is 1.12 bits per heavy atom. The van der Waals surface area contributed by atoms with Gasteiger partial charge in [-0.25, -0.2) is 4.39 Å². The first kappa shape index (κ1) is 23.6. The Morgan fingerprint density at radius 2 is 1.84 bits per heavy atom. The van der Waals surface area contributed by atoms with Gasteiger partial charge in [0.15, 0.2) is 5.78 Å². The van der Waals surface area contributed by atoms with Gasteiger partial charge in [-0.15, -0.1) is 0 Å². The van der Waals surface area contributed by atoms with Gasteiger partial charge in [0.05, 0.1) is 0 Å². The minimum absolute atomic E-state index is 0.0963. The summed E-state index contributed by atoms with van der Waals surface area (Å²) in [7, 11) is 0. The molecule has 1 heterocycles. The zero-order valence-corrected chi connectivity index (χ0v) is 18.7. The number of hydrogen-bond donors (Lipinski definition) is 1. The number of benzene rings is 2. The molecule has 0 aromatic heterocycles. The van der Waals surface area contributed by atoms with Crippen molar-refractivity contribution in [2.75, 3.05) is 25.0 Å². The molecule has 1 N–H and O–H groups in total. The number of nitrogens with one attached hydrogen (secondary N) is 1. The number of anilines is 1. The molecule has 0 radical (unpaired) electrons. The van der Waals surface area contributed by atoms with Crippen LogP contribution in [0.5, 0.6) is 0 Å². The highest BCUT2D eigenvalue weighted by Crippen LogP contribution is 2.23. The van der Waals surface area contributed by atoms with Crippen molar-refractivity contribution in [2.24, 2.45) is 0 Å². The summed E-state index contributed by atoms with van der Waals surface area (Å²) in [6.45, 7) is 4.84. The lowest BCUT2D eigenvalue weighted by atomic mass is 10.1. The number of Topliss-reactive ketones (excluding diaryl/α,β-unsaturated/α-hetero) is 1. The van der Waals surface area contributed by atoms with Crippen molar-refractivity contribution in [3.63, 3.8) is 0 Å². The van der Waals surface area contributed by atoms with Crippen LogP contribution in [0.4, 0.5) is 10.1 Å². The molecule has 0 saturated carbocycles. The van der Waals surface area contributed by atoms with Gasteiger partial charge in [-0.1, -0.05) is 29.8 Å². The van der Waals surface area contributed by atoms with Gasteiger partial charge >= 0.3 is 0 Å².